The fraction of sp³-hybridized carbons (Fsp3) is 0.294. The maximum Gasteiger partial charge on any atom is 0.100 e. The van der Waals surface area contributed by atoms with Gasteiger partial charge in [0.1, 0.15) is 12.2 Å². The molecular weight excluding hydrogens is 250 g/mol. The minimum absolute atomic E-state index is 0.207. The molecule has 2 aromatic carbocycles. The predicted molar refractivity (Wildman–Crippen MR) is 80.4 cm³/mol. The summed E-state index contributed by atoms with van der Waals surface area (Å²) in [6, 6.07) is 19.7. The second-order valence-corrected chi connectivity index (χ2v) is 4.71. The number of hydrogen-bond donors (Lipinski definition) is 1. The Morgan fingerprint density at radius 3 is 1.35 bits per heavy atom. The van der Waals surface area contributed by atoms with Crippen LogP contribution in [0.4, 0.5) is 0 Å². The van der Waals surface area contributed by atoms with Gasteiger partial charge in [0.15, 0.2) is 0 Å². The lowest BCUT2D eigenvalue weighted by molar-refractivity contribution is 0.000466. The van der Waals surface area contributed by atoms with Gasteiger partial charge in [-0.15, -0.1) is 0 Å². The van der Waals surface area contributed by atoms with Gasteiger partial charge in [-0.2, -0.15) is 0 Å². The van der Waals surface area contributed by atoms with Gasteiger partial charge in [-0.05, 0) is 11.1 Å². The molecule has 2 atom stereocenters. The summed E-state index contributed by atoms with van der Waals surface area (Å²) < 4.78 is 11.2. The summed E-state index contributed by atoms with van der Waals surface area (Å²) >= 11 is 0. The summed E-state index contributed by atoms with van der Waals surface area (Å²) in [5.74, 6) is 0. The predicted octanol–water partition coefficient (Wildman–Crippen LogP) is 3.09. The Hall–Kier alpha value is -1.68. The highest BCUT2D eigenvalue weighted by Crippen LogP contribution is 2.30. The third-order valence-corrected chi connectivity index (χ3v) is 3.46. The molecule has 0 saturated carbocycles. The summed E-state index contributed by atoms with van der Waals surface area (Å²) in [5, 5.41) is 0. The smallest absolute Gasteiger partial charge is 0.100 e. The van der Waals surface area contributed by atoms with Crippen molar-refractivity contribution < 1.29 is 9.47 Å². The lowest BCUT2D eigenvalue weighted by atomic mass is 9.94. The molecule has 106 valence electrons. The maximum absolute atomic E-state index is 6.40. The SMILES string of the molecule is COC(c1ccccc1)C(N)C(OC)c1ccccc1. The number of ether oxygens (including phenoxy) is 2. The molecule has 0 aliphatic heterocycles. The Balaban J connectivity index is 2.25. The molecule has 20 heavy (non-hydrogen) atoms. The zero-order chi connectivity index (χ0) is 14.4. The van der Waals surface area contributed by atoms with E-state index in [-0.39, 0.29) is 18.2 Å². The summed E-state index contributed by atoms with van der Waals surface area (Å²) in [4.78, 5) is 0. The van der Waals surface area contributed by atoms with Crippen molar-refractivity contribution >= 4 is 0 Å². The van der Waals surface area contributed by atoms with Gasteiger partial charge in [-0.1, -0.05) is 60.7 Å². The second kappa shape index (κ2) is 7.20. The van der Waals surface area contributed by atoms with E-state index in [0.717, 1.165) is 11.1 Å². The van der Waals surface area contributed by atoms with Crippen molar-refractivity contribution in [2.45, 2.75) is 18.2 Å². The fourth-order valence-electron chi connectivity index (χ4n) is 2.48. The molecule has 0 spiro atoms. The minimum atomic E-state index is -0.283. The van der Waals surface area contributed by atoms with Gasteiger partial charge in [0.05, 0.1) is 6.04 Å². The molecule has 0 amide bonds. The highest BCUT2D eigenvalue weighted by molar-refractivity contribution is 5.24. The topological polar surface area (TPSA) is 44.5 Å². The van der Waals surface area contributed by atoms with Crippen LogP contribution in [0.15, 0.2) is 60.7 Å². The largest absolute Gasteiger partial charge is 0.375 e. The molecule has 3 nitrogen and oxygen atoms in total. The number of nitrogens with two attached hydrogens (primary N) is 1. The molecule has 0 aromatic heterocycles. The lowest BCUT2D eigenvalue weighted by Gasteiger charge is -2.29. The van der Waals surface area contributed by atoms with E-state index in [1.807, 2.05) is 60.7 Å². The third-order valence-electron chi connectivity index (χ3n) is 3.46. The Kier molecular flexibility index (Phi) is 5.30. The molecule has 0 fully saturated rings. The van der Waals surface area contributed by atoms with Gasteiger partial charge >= 0.3 is 0 Å². The Morgan fingerprint density at radius 2 is 1.05 bits per heavy atom. The molecule has 2 rings (SSSR count). The average molecular weight is 271 g/mol. The van der Waals surface area contributed by atoms with Crippen LogP contribution in [0.3, 0.4) is 0 Å². The monoisotopic (exact) mass is 271 g/mol. The van der Waals surface area contributed by atoms with Crippen LogP contribution >= 0.6 is 0 Å². The van der Waals surface area contributed by atoms with Crippen molar-refractivity contribution in [1.29, 1.82) is 0 Å². The van der Waals surface area contributed by atoms with E-state index in [4.69, 9.17) is 15.2 Å². The van der Waals surface area contributed by atoms with E-state index in [0.29, 0.717) is 0 Å². The van der Waals surface area contributed by atoms with Gasteiger partial charge in [0, 0.05) is 14.2 Å². The van der Waals surface area contributed by atoms with E-state index in [1.54, 1.807) is 14.2 Å². The summed E-state index contributed by atoms with van der Waals surface area (Å²) in [6.45, 7) is 0. The first-order valence-electron chi connectivity index (χ1n) is 6.69. The first kappa shape index (κ1) is 14.7. The number of methoxy groups -OCH3 is 2. The highest BCUT2D eigenvalue weighted by atomic mass is 16.5. The molecule has 0 bridgehead atoms. The van der Waals surface area contributed by atoms with Crippen molar-refractivity contribution in [2.75, 3.05) is 14.2 Å². The average Bonchev–Trinajstić information content (AvgIpc) is 2.51. The molecule has 2 aromatic rings. The highest BCUT2D eigenvalue weighted by Gasteiger charge is 2.28. The normalized spacial score (nSPS) is 15.6. The van der Waals surface area contributed by atoms with Crippen LogP contribution in [0.2, 0.25) is 0 Å². The molecule has 0 radical (unpaired) electrons. The lowest BCUT2D eigenvalue weighted by Crippen LogP contribution is -2.36. The van der Waals surface area contributed by atoms with Crippen molar-refractivity contribution in [2.24, 2.45) is 5.73 Å². The van der Waals surface area contributed by atoms with Crippen molar-refractivity contribution in [3.05, 3.63) is 71.8 Å². The van der Waals surface area contributed by atoms with Crippen molar-refractivity contribution in [3.63, 3.8) is 0 Å². The number of hydrogen-bond acceptors (Lipinski definition) is 3. The molecule has 2 N–H and O–H groups in total. The standard InChI is InChI=1S/C17H21NO2/c1-19-16(13-9-5-3-6-10-13)15(18)17(20-2)14-11-7-4-8-12-14/h3-12,15-17H,18H2,1-2H3. The van der Waals surface area contributed by atoms with Crippen LogP contribution in [0.5, 0.6) is 0 Å². The minimum Gasteiger partial charge on any atom is -0.375 e. The zero-order valence-electron chi connectivity index (χ0n) is 11.9. The van der Waals surface area contributed by atoms with Crippen molar-refractivity contribution in [3.8, 4) is 0 Å². The first-order valence-corrected chi connectivity index (χ1v) is 6.69. The van der Waals surface area contributed by atoms with E-state index in [2.05, 4.69) is 0 Å². The molecule has 0 aliphatic rings. The summed E-state index contributed by atoms with van der Waals surface area (Å²) in [5.41, 5.74) is 8.51. The zero-order valence-corrected chi connectivity index (χ0v) is 11.9. The van der Waals surface area contributed by atoms with E-state index in [9.17, 15) is 0 Å². The Labute approximate surface area is 120 Å². The Bertz CT molecular complexity index is 453. The van der Waals surface area contributed by atoms with Crippen LogP contribution in [-0.2, 0) is 9.47 Å². The maximum atomic E-state index is 6.40. The van der Waals surface area contributed by atoms with E-state index in [1.165, 1.54) is 0 Å². The fourth-order valence-corrected chi connectivity index (χ4v) is 2.48. The summed E-state index contributed by atoms with van der Waals surface area (Å²) in [7, 11) is 3.35. The third kappa shape index (κ3) is 3.25. The molecule has 2 unspecified atom stereocenters. The first-order chi connectivity index (χ1) is 9.77. The molecule has 0 aliphatic carbocycles. The van der Waals surface area contributed by atoms with Crippen LogP contribution in [0, 0.1) is 0 Å². The molecule has 0 saturated heterocycles. The number of rotatable bonds is 6. The van der Waals surface area contributed by atoms with Gasteiger partial charge in [-0.3, -0.25) is 0 Å². The van der Waals surface area contributed by atoms with Gasteiger partial charge in [0.25, 0.3) is 0 Å². The second-order valence-electron chi connectivity index (χ2n) is 4.71. The van der Waals surface area contributed by atoms with Crippen LogP contribution in [0.1, 0.15) is 23.3 Å². The summed E-state index contributed by atoms with van der Waals surface area (Å²) in [6.07, 6.45) is -0.414. The molecule has 3 heteroatoms. The van der Waals surface area contributed by atoms with E-state index < -0.39 is 0 Å². The molecule has 0 heterocycles. The van der Waals surface area contributed by atoms with Gasteiger partial charge in [0.2, 0.25) is 0 Å². The van der Waals surface area contributed by atoms with Gasteiger partial charge in [-0.25, -0.2) is 0 Å². The number of benzene rings is 2. The van der Waals surface area contributed by atoms with Crippen molar-refractivity contribution in [1.82, 2.24) is 0 Å². The van der Waals surface area contributed by atoms with Crippen LogP contribution in [0.25, 0.3) is 0 Å². The van der Waals surface area contributed by atoms with Crippen LogP contribution < -0.4 is 5.73 Å². The quantitative estimate of drug-likeness (QED) is 0.878. The molecular formula is C17H21NO2. The Morgan fingerprint density at radius 1 is 0.700 bits per heavy atom. The van der Waals surface area contributed by atoms with E-state index >= 15 is 0 Å². The van der Waals surface area contributed by atoms with Crippen LogP contribution in [-0.4, -0.2) is 20.3 Å². The van der Waals surface area contributed by atoms with Gasteiger partial charge < -0.3 is 15.2 Å².